The second-order valence-corrected chi connectivity index (χ2v) is 7.01. The van der Waals surface area contributed by atoms with Gasteiger partial charge >= 0.3 is 0 Å². The lowest BCUT2D eigenvalue weighted by Gasteiger charge is -2.42. The van der Waals surface area contributed by atoms with E-state index in [9.17, 15) is 23.5 Å². The van der Waals surface area contributed by atoms with E-state index in [1.807, 2.05) is 0 Å². The quantitative estimate of drug-likeness (QED) is 0.828. The second-order valence-electron chi connectivity index (χ2n) is 7.01. The van der Waals surface area contributed by atoms with Gasteiger partial charge in [0, 0.05) is 36.4 Å². The molecule has 2 aromatic rings. The smallest absolute Gasteiger partial charge is 0.253 e. The van der Waals surface area contributed by atoms with Gasteiger partial charge in [-0.15, -0.1) is 0 Å². The number of nitrogens with zero attached hydrogens (tertiary/aromatic N) is 1. The van der Waals surface area contributed by atoms with Crippen molar-refractivity contribution in [3.05, 3.63) is 71.3 Å². The van der Waals surface area contributed by atoms with Crippen LogP contribution >= 0.6 is 0 Å². The Kier molecular flexibility index (Phi) is 6.04. The molecule has 2 amide bonds. The second kappa shape index (κ2) is 8.48. The van der Waals surface area contributed by atoms with Gasteiger partial charge in [-0.2, -0.15) is 0 Å². The molecule has 1 aliphatic rings. The molecule has 148 valence electrons. The molecule has 0 atom stereocenters. The van der Waals surface area contributed by atoms with Crippen LogP contribution in [0.1, 0.15) is 40.0 Å². The topological polar surface area (TPSA) is 69.6 Å². The SMILES string of the molecule is O=C(NC1(CCO)CCN(C(=O)c2ccc(F)cc2)CC1)c1ccc(F)cc1. The summed E-state index contributed by atoms with van der Waals surface area (Å²) in [6.45, 7) is 0.704. The van der Waals surface area contributed by atoms with Gasteiger partial charge in [0.05, 0.1) is 0 Å². The third kappa shape index (κ3) is 4.54. The minimum atomic E-state index is -0.639. The molecule has 5 nitrogen and oxygen atoms in total. The summed E-state index contributed by atoms with van der Waals surface area (Å²) in [7, 11) is 0. The molecule has 7 heteroatoms. The van der Waals surface area contributed by atoms with Crippen LogP contribution in [0.4, 0.5) is 8.78 Å². The van der Waals surface area contributed by atoms with Gasteiger partial charge in [0.15, 0.2) is 0 Å². The van der Waals surface area contributed by atoms with E-state index in [4.69, 9.17) is 0 Å². The lowest BCUT2D eigenvalue weighted by atomic mass is 9.84. The molecule has 0 radical (unpaired) electrons. The molecular weight excluding hydrogens is 366 g/mol. The fraction of sp³-hybridized carbons (Fsp3) is 0.333. The average molecular weight is 388 g/mol. The van der Waals surface area contributed by atoms with E-state index in [1.54, 1.807) is 4.90 Å². The Morgan fingerprint density at radius 1 is 0.929 bits per heavy atom. The van der Waals surface area contributed by atoms with E-state index in [2.05, 4.69) is 5.32 Å². The summed E-state index contributed by atoms with van der Waals surface area (Å²) in [6, 6.07) is 10.6. The molecule has 1 aliphatic heterocycles. The number of hydrogen-bond acceptors (Lipinski definition) is 3. The summed E-state index contributed by atoms with van der Waals surface area (Å²) < 4.78 is 26.1. The minimum Gasteiger partial charge on any atom is -0.396 e. The number of hydrogen-bond donors (Lipinski definition) is 2. The van der Waals surface area contributed by atoms with Crippen LogP contribution in [-0.2, 0) is 0 Å². The number of likely N-dealkylation sites (tertiary alicyclic amines) is 1. The van der Waals surface area contributed by atoms with Crippen molar-refractivity contribution in [2.24, 2.45) is 0 Å². The molecule has 0 spiro atoms. The van der Waals surface area contributed by atoms with Gasteiger partial charge in [0.2, 0.25) is 0 Å². The Morgan fingerprint density at radius 3 is 1.93 bits per heavy atom. The van der Waals surface area contributed by atoms with Crippen LogP contribution in [0, 0.1) is 11.6 Å². The van der Waals surface area contributed by atoms with Gasteiger partial charge in [-0.3, -0.25) is 9.59 Å². The number of piperidine rings is 1. The predicted octanol–water partition coefficient (Wildman–Crippen LogP) is 2.75. The van der Waals surface area contributed by atoms with E-state index in [0.717, 1.165) is 0 Å². The van der Waals surface area contributed by atoms with Gasteiger partial charge in [-0.1, -0.05) is 0 Å². The maximum Gasteiger partial charge on any atom is 0.253 e. The first-order chi connectivity index (χ1) is 13.4. The van der Waals surface area contributed by atoms with Crippen LogP contribution in [0.15, 0.2) is 48.5 Å². The first-order valence-electron chi connectivity index (χ1n) is 9.16. The van der Waals surface area contributed by atoms with Crippen molar-refractivity contribution in [1.82, 2.24) is 10.2 Å². The predicted molar refractivity (Wildman–Crippen MR) is 99.8 cm³/mol. The van der Waals surface area contributed by atoms with Crippen molar-refractivity contribution in [2.75, 3.05) is 19.7 Å². The highest BCUT2D eigenvalue weighted by atomic mass is 19.1. The number of carbonyl (C=O) groups is 2. The number of carbonyl (C=O) groups excluding carboxylic acids is 2. The number of benzene rings is 2. The zero-order chi connectivity index (χ0) is 20.1. The van der Waals surface area contributed by atoms with Crippen molar-refractivity contribution in [3.8, 4) is 0 Å². The first-order valence-corrected chi connectivity index (χ1v) is 9.16. The maximum atomic E-state index is 13.1. The van der Waals surface area contributed by atoms with Crippen LogP contribution in [0.2, 0.25) is 0 Å². The average Bonchev–Trinajstić information content (AvgIpc) is 2.69. The van der Waals surface area contributed by atoms with Crippen LogP contribution in [0.3, 0.4) is 0 Å². The fourth-order valence-electron chi connectivity index (χ4n) is 3.48. The lowest BCUT2D eigenvalue weighted by Crippen LogP contribution is -2.56. The van der Waals surface area contributed by atoms with E-state index in [0.29, 0.717) is 43.5 Å². The fourth-order valence-corrected chi connectivity index (χ4v) is 3.48. The molecule has 2 N–H and O–H groups in total. The van der Waals surface area contributed by atoms with Gasteiger partial charge < -0.3 is 15.3 Å². The molecule has 1 saturated heterocycles. The number of amides is 2. The van der Waals surface area contributed by atoms with Gasteiger partial charge in [0.25, 0.3) is 11.8 Å². The molecule has 0 aliphatic carbocycles. The van der Waals surface area contributed by atoms with Crippen molar-refractivity contribution < 1.29 is 23.5 Å². The molecular formula is C21H22F2N2O3. The zero-order valence-electron chi connectivity index (χ0n) is 15.3. The van der Waals surface area contributed by atoms with Crippen molar-refractivity contribution in [2.45, 2.75) is 24.8 Å². The minimum absolute atomic E-state index is 0.102. The molecule has 1 fully saturated rings. The Bertz CT molecular complexity index is 830. The zero-order valence-corrected chi connectivity index (χ0v) is 15.3. The Hall–Kier alpha value is -2.80. The van der Waals surface area contributed by atoms with Crippen LogP contribution in [-0.4, -0.2) is 47.1 Å². The molecule has 2 aromatic carbocycles. The highest BCUT2D eigenvalue weighted by molar-refractivity contribution is 5.95. The molecule has 3 rings (SSSR count). The molecule has 28 heavy (non-hydrogen) atoms. The third-order valence-electron chi connectivity index (χ3n) is 5.17. The molecule has 0 saturated carbocycles. The summed E-state index contributed by atoms with van der Waals surface area (Å²) in [5, 5.41) is 12.4. The van der Waals surface area contributed by atoms with Gasteiger partial charge in [0.1, 0.15) is 11.6 Å². The van der Waals surface area contributed by atoms with Crippen LogP contribution in [0.25, 0.3) is 0 Å². The Balaban J connectivity index is 1.67. The summed E-state index contributed by atoms with van der Waals surface area (Å²) in [6.07, 6.45) is 1.32. The van der Waals surface area contributed by atoms with Crippen molar-refractivity contribution in [3.63, 3.8) is 0 Å². The Morgan fingerprint density at radius 2 is 1.43 bits per heavy atom. The molecule has 0 aromatic heterocycles. The highest BCUT2D eigenvalue weighted by Crippen LogP contribution is 2.27. The van der Waals surface area contributed by atoms with E-state index in [1.165, 1.54) is 48.5 Å². The van der Waals surface area contributed by atoms with Gasteiger partial charge in [-0.25, -0.2) is 8.78 Å². The Labute approximate surface area is 162 Å². The van der Waals surface area contributed by atoms with E-state index < -0.39 is 17.2 Å². The van der Waals surface area contributed by atoms with Crippen molar-refractivity contribution in [1.29, 1.82) is 0 Å². The van der Waals surface area contributed by atoms with Crippen LogP contribution < -0.4 is 5.32 Å². The first kappa shape index (κ1) is 19.9. The number of aliphatic hydroxyl groups is 1. The van der Waals surface area contributed by atoms with Gasteiger partial charge in [-0.05, 0) is 67.8 Å². The summed E-state index contributed by atoms with van der Waals surface area (Å²) in [5.41, 5.74) is 0.106. The lowest BCUT2D eigenvalue weighted by molar-refractivity contribution is 0.0581. The number of halogens is 2. The van der Waals surface area contributed by atoms with E-state index in [-0.39, 0.29) is 18.4 Å². The maximum absolute atomic E-state index is 13.1. The largest absolute Gasteiger partial charge is 0.396 e. The summed E-state index contributed by atoms with van der Waals surface area (Å²) in [5.74, 6) is -1.36. The molecule has 0 unspecified atom stereocenters. The van der Waals surface area contributed by atoms with Crippen LogP contribution in [0.5, 0.6) is 0 Å². The molecule has 0 bridgehead atoms. The summed E-state index contributed by atoms with van der Waals surface area (Å²) in [4.78, 5) is 26.8. The normalized spacial score (nSPS) is 15.9. The number of nitrogens with one attached hydrogen (secondary N) is 1. The third-order valence-corrected chi connectivity index (χ3v) is 5.17. The standard InChI is InChI=1S/C21H22F2N2O3/c22-17-5-1-15(2-6-17)19(27)24-21(11-14-26)9-12-25(13-10-21)20(28)16-3-7-18(23)8-4-16/h1-8,26H,9-14H2,(H,24,27). The number of rotatable bonds is 5. The van der Waals surface area contributed by atoms with E-state index >= 15 is 0 Å². The van der Waals surface area contributed by atoms with Crippen molar-refractivity contribution >= 4 is 11.8 Å². The number of aliphatic hydroxyl groups excluding tert-OH is 1. The summed E-state index contributed by atoms with van der Waals surface area (Å²) >= 11 is 0. The monoisotopic (exact) mass is 388 g/mol. The highest BCUT2D eigenvalue weighted by Gasteiger charge is 2.37. The molecule has 1 heterocycles.